The SMILES string of the molecule is NC(=NCc1ccc(F)c(F)c1)N1CCC(OC(=O)C(O)(c2ccccc2)C2CCCC2)C1. The zero-order valence-electron chi connectivity index (χ0n) is 18.4. The standard InChI is InChI=1S/C25H29F2N3O3/c26-21-11-10-17(14-22(21)27)15-29-24(28)30-13-12-20(16-30)33-23(31)25(32,19-8-4-5-9-19)18-6-2-1-3-7-18/h1-3,6-7,10-11,14,19-20,32H,4-5,8-9,12-13,15-16H2,(H2,28,29). The molecule has 2 aromatic rings. The van der Waals surface area contributed by atoms with Crippen molar-refractivity contribution in [1.82, 2.24) is 4.90 Å². The fourth-order valence-corrected chi connectivity index (χ4v) is 4.74. The average molecular weight is 458 g/mol. The number of aliphatic imine (C=N–C) groups is 1. The minimum Gasteiger partial charge on any atom is -0.458 e. The van der Waals surface area contributed by atoms with Crippen LogP contribution in [-0.2, 0) is 21.7 Å². The van der Waals surface area contributed by atoms with Crippen molar-refractivity contribution in [3.05, 3.63) is 71.3 Å². The van der Waals surface area contributed by atoms with Crippen LogP contribution in [0.25, 0.3) is 0 Å². The number of aliphatic hydroxyl groups is 1. The lowest BCUT2D eigenvalue weighted by Gasteiger charge is -2.33. The molecule has 6 nitrogen and oxygen atoms in total. The van der Waals surface area contributed by atoms with E-state index in [-0.39, 0.29) is 18.4 Å². The quantitative estimate of drug-likeness (QED) is 0.394. The molecule has 2 fully saturated rings. The van der Waals surface area contributed by atoms with E-state index in [1.54, 1.807) is 17.0 Å². The molecule has 8 heteroatoms. The highest BCUT2D eigenvalue weighted by Crippen LogP contribution is 2.41. The van der Waals surface area contributed by atoms with E-state index in [9.17, 15) is 18.7 Å². The molecule has 2 atom stereocenters. The first kappa shape index (κ1) is 23.2. The highest BCUT2D eigenvalue weighted by Gasteiger charge is 2.48. The zero-order chi connectivity index (χ0) is 23.4. The van der Waals surface area contributed by atoms with Gasteiger partial charge in [0, 0.05) is 18.9 Å². The van der Waals surface area contributed by atoms with Crippen LogP contribution >= 0.6 is 0 Å². The molecule has 0 amide bonds. The normalized spacial score (nSPS) is 21.2. The zero-order valence-corrected chi connectivity index (χ0v) is 18.4. The summed E-state index contributed by atoms with van der Waals surface area (Å²) in [4.78, 5) is 19.3. The van der Waals surface area contributed by atoms with Gasteiger partial charge in [0.15, 0.2) is 23.2 Å². The lowest BCUT2D eigenvalue weighted by atomic mass is 9.80. The minimum atomic E-state index is -1.67. The van der Waals surface area contributed by atoms with Gasteiger partial charge in [0.05, 0.1) is 13.1 Å². The molecule has 0 bridgehead atoms. The van der Waals surface area contributed by atoms with Gasteiger partial charge in [-0.05, 0) is 36.1 Å². The van der Waals surface area contributed by atoms with Crippen molar-refractivity contribution in [2.24, 2.45) is 16.6 Å². The van der Waals surface area contributed by atoms with E-state index < -0.39 is 29.3 Å². The lowest BCUT2D eigenvalue weighted by Crippen LogP contribution is -2.45. The maximum atomic E-state index is 13.4. The van der Waals surface area contributed by atoms with Crippen molar-refractivity contribution in [2.75, 3.05) is 13.1 Å². The van der Waals surface area contributed by atoms with Gasteiger partial charge < -0.3 is 20.5 Å². The highest BCUT2D eigenvalue weighted by molar-refractivity contribution is 5.82. The Bertz CT molecular complexity index is 1010. The van der Waals surface area contributed by atoms with Crippen molar-refractivity contribution < 1.29 is 23.4 Å². The first-order chi connectivity index (χ1) is 15.9. The van der Waals surface area contributed by atoms with Gasteiger partial charge in [-0.1, -0.05) is 49.2 Å². The van der Waals surface area contributed by atoms with Gasteiger partial charge >= 0.3 is 5.97 Å². The number of carbonyl (C=O) groups is 1. The summed E-state index contributed by atoms with van der Waals surface area (Å²) in [6.07, 6.45) is 3.65. The lowest BCUT2D eigenvalue weighted by molar-refractivity contribution is -0.178. The topological polar surface area (TPSA) is 88.1 Å². The Morgan fingerprint density at radius 2 is 1.85 bits per heavy atom. The average Bonchev–Trinajstić information content (AvgIpc) is 3.52. The summed E-state index contributed by atoms with van der Waals surface area (Å²) < 4.78 is 32.2. The Morgan fingerprint density at radius 3 is 2.55 bits per heavy atom. The van der Waals surface area contributed by atoms with Gasteiger partial charge in [-0.2, -0.15) is 0 Å². The van der Waals surface area contributed by atoms with Crippen LogP contribution < -0.4 is 5.73 Å². The third-order valence-electron chi connectivity index (χ3n) is 6.62. The van der Waals surface area contributed by atoms with Gasteiger partial charge in [0.25, 0.3) is 0 Å². The molecule has 2 unspecified atom stereocenters. The molecular formula is C25H29F2N3O3. The van der Waals surface area contributed by atoms with E-state index in [1.165, 1.54) is 6.07 Å². The largest absolute Gasteiger partial charge is 0.458 e. The maximum absolute atomic E-state index is 13.4. The molecule has 3 N–H and O–H groups in total. The van der Waals surface area contributed by atoms with Crippen molar-refractivity contribution in [3.8, 4) is 0 Å². The summed E-state index contributed by atoms with van der Waals surface area (Å²) in [6, 6.07) is 12.6. The number of likely N-dealkylation sites (tertiary alicyclic amines) is 1. The van der Waals surface area contributed by atoms with E-state index in [2.05, 4.69) is 4.99 Å². The molecule has 176 valence electrons. The van der Waals surface area contributed by atoms with Crippen LogP contribution in [0.2, 0.25) is 0 Å². The Balaban J connectivity index is 1.40. The van der Waals surface area contributed by atoms with Gasteiger partial charge in [-0.15, -0.1) is 0 Å². The van der Waals surface area contributed by atoms with Crippen LogP contribution in [0.4, 0.5) is 8.78 Å². The first-order valence-corrected chi connectivity index (χ1v) is 11.4. The van der Waals surface area contributed by atoms with Crippen LogP contribution in [-0.4, -0.2) is 41.1 Å². The molecule has 2 aliphatic rings. The molecule has 33 heavy (non-hydrogen) atoms. The number of carbonyl (C=O) groups excluding carboxylic acids is 1. The summed E-state index contributed by atoms with van der Waals surface area (Å²) in [5.41, 5.74) is 5.48. The minimum absolute atomic E-state index is 0.111. The first-order valence-electron chi connectivity index (χ1n) is 11.4. The van der Waals surface area contributed by atoms with Gasteiger partial charge in [-0.25, -0.2) is 18.6 Å². The second-order valence-corrected chi connectivity index (χ2v) is 8.80. The molecule has 4 rings (SSSR count). The summed E-state index contributed by atoms with van der Waals surface area (Å²) in [5, 5.41) is 11.5. The van der Waals surface area contributed by atoms with E-state index in [0.29, 0.717) is 30.6 Å². The van der Waals surface area contributed by atoms with Crippen LogP contribution in [0.1, 0.15) is 43.2 Å². The monoisotopic (exact) mass is 457 g/mol. The number of nitrogens with zero attached hydrogens (tertiary/aromatic N) is 2. The van der Waals surface area contributed by atoms with Crippen LogP contribution in [0.15, 0.2) is 53.5 Å². The smallest absolute Gasteiger partial charge is 0.343 e. The Morgan fingerprint density at radius 1 is 1.12 bits per heavy atom. The molecule has 0 spiro atoms. The van der Waals surface area contributed by atoms with Crippen molar-refractivity contribution in [3.63, 3.8) is 0 Å². The molecule has 1 heterocycles. The third kappa shape index (κ3) is 5.00. The summed E-state index contributed by atoms with van der Waals surface area (Å²) in [6.45, 7) is 1.01. The Labute approximate surface area is 192 Å². The fraction of sp³-hybridized carbons (Fsp3) is 0.440. The molecule has 0 radical (unpaired) electrons. The maximum Gasteiger partial charge on any atom is 0.343 e. The second-order valence-electron chi connectivity index (χ2n) is 8.80. The molecule has 1 saturated heterocycles. The van der Waals surface area contributed by atoms with Gasteiger partial charge in [0.1, 0.15) is 6.10 Å². The van der Waals surface area contributed by atoms with Crippen molar-refractivity contribution >= 4 is 11.9 Å². The number of rotatable bonds is 6. The third-order valence-corrected chi connectivity index (χ3v) is 6.62. The Hall–Kier alpha value is -3.00. The predicted octanol–water partition coefficient (Wildman–Crippen LogP) is 3.48. The number of guanidine groups is 1. The van der Waals surface area contributed by atoms with E-state index in [0.717, 1.165) is 37.8 Å². The molecule has 1 saturated carbocycles. The number of hydrogen-bond acceptors (Lipinski definition) is 4. The number of esters is 1. The van der Waals surface area contributed by atoms with Crippen molar-refractivity contribution in [1.29, 1.82) is 0 Å². The molecule has 2 aromatic carbocycles. The van der Waals surface area contributed by atoms with E-state index in [4.69, 9.17) is 10.5 Å². The summed E-state index contributed by atoms with van der Waals surface area (Å²) >= 11 is 0. The fourth-order valence-electron chi connectivity index (χ4n) is 4.74. The number of benzene rings is 2. The van der Waals surface area contributed by atoms with E-state index >= 15 is 0 Å². The molecular weight excluding hydrogens is 428 g/mol. The van der Waals surface area contributed by atoms with Gasteiger partial charge in [-0.3, -0.25) is 0 Å². The molecule has 0 aromatic heterocycles. The Kier molecular flexibility index (Phi) is 6.93. The van der Waals surface area contributed by atoms with Gasteiger partial charge in [0.2, 0.25) is 0 Å². The summed E-state index contributed by atoms with van der Waals surface area (Å²) in [5.74, 6) is -2.39. The summed E-state index contributed by atoms with van der Waals surface area (Å²) in [7, 11) is 0. The van der Waals surface area contributed by atoms with Crippen LogP contribution in [0, 0.1) is 17.6 Å². The predicted molar refractivity (Wildman–Crippen MR) is 120 cm³/mol. The number of halogens is 2. The van der Waals surface area contributed by atoms with Crippen molar-refractivity contribution in [2.45, 2.75) is 50.4 Å². The molecule has 1 aliphatic heterocycles. The number of nitrogens with two attached hydrogens (primary N) is 1. The van der Waals surface area contributed by atoms with Crippen LogP contribution in [0.3, 0.4) is 0 Å². The second kappa shape index (κ2) is 9.87. The van der Waals surface area contributed by atoms with E-state index in [1.807, 2.05) is 18.2 Å². The van der Waals surface area contributed by atoms with Crippen LogP contribution in [0.5, 0.6) is 0 Å². The highest BCUT2D eigenvalue weighted by atomic mass is 19.2. The number of ether oxygens (including phenoxy) is 1. The molecule has 1 aliphatic carbocycles. The number of hydrogen-bond donors (Lipinski definition) is 2.